The van der Waals surface area contributed by atoms with Gasteiger partial charge in [-0.05, 0) is 37.1 Å². The molecule has 0 aliphatic rings. The van der Waals surface area contributed by atoms with Gasteiger partial charge in [-0.25, -0.2) is 0 Å². The average molecular weight is 467 g/mol. The summed E-state index contributed by atoms with van der Waals surface area (Å²) in [6, 6.07) is 14.5. The Labute approximate surface area is 193 Å². The zero-order valence-corrected chi connectivity index (χ0v) is 19.9. The highest BCUT2D eigenvalue weighted by Gasteiger charge is 2.27. The molecule has 0 aliphatic heterocycles. The fourth-order valence-corrected chi connectivity index (χ4v) is 4.18. The van der Waals surface area contributed by atoms with Crippen molar-refractivity contribution in [3.8, 4) is 0 Å². The third-order valence-electron chi connectivity index (χ3n) is 4.57. The van der Waals surface area contributed by atoms with Gasteiger partial charge < -0.3 is 10.2 Å². The van der Waals surface area contributed by atoms with Gasteiger partial charge in [0.1, 0.15) is 6.04 Å². The first kappa shape index (κ1) is 24.6. The number of amides is 2. The highest BCUT2D eigenvalue weighted by atomic mass is 35.5. The van der Waals surface area contributed by atoms with Crippen molar-refractivity contribution in [3.63, 3.8) is 0 Å². The molecule has 2 aromatic carbocycles. The number of carbonyl (C=O) groups is 2. The van der Waals surface area contributed by atoms with Crippen LogP contribution in [0.5, 0.6) is 0 Å². The van der Waals surface area contributed by atoms with Crippen molar-refractivity contribution in [2.45, 2.75) is 44.7 Å². The molecule has 1 N–H and O–H groups in total. The van der Waals surface area contributed by atoms with Gasteiger partial charge in [-0.1, -0.05) is 61.3 Å². The average Bonchev–Trinajstić information content (AvgIpc) is 2.72. The normalized spacial score (nSPS) is 11.9. The van der Waals surface area contributed by atoms with E-state index >= 15 is 0 Å². The number of nitrogens with one attached hydrogen (secondary N) is 1. The molecule has 0 fully saturated rings. The van der Waals surface area contributed by atoms with Crippen LogP contribution in [0.4, 0.5) is 0 Å². The third-order valence-corrected chi connectivity index (χ3v) is 6.29. The number of hydrogen-bond acceptors (Lipinski definition) is 3. The zero-order chi connectivity index (χ0) is 22.1. The first-order chi connectivity index (χ1) is 14.3. The van der Waals surface area contributed by atoms with E-state index in [-0.39, 0.29) is 18.4 Å². The summed E-state index contributed by atoms with van der Waals surface area (Å²) in [6.45, 7) is 6.53. The highest BCUT2D eigenvalue weighted by Crippen LogP contribution is 2.27. The second-order valence-corrected chi connectivity index (χ2v) is 9.43. The van der Waals surface area contributed by atoms with Crippen LogP contribution in [0.2, 0.25) is 10.0 Å². The summed E-state index contributed by atoms with van der Waals surface area (Å²) >= 11 is 14.3. The van der Waals surface area contributed by atoms with Crippen molar-refractivity contribution in [2.24, 2.45) is 5.92 Å². The van der Waals surface area contributed by atoms with E-state index < -0.39 is 6.04 Å². The van der Waals surface area contributed by atoms with Gasteiger partial charge in [0.2, 0.25) is 11.8 Å². The van der Waals surface area contributed by atoms with Crippen LogP contribution in [0.25, 0.3) is 0 Å². The Bertz CT molecular complexity index is 826. The molecule has 30 heavy (non-hydrogen) atoms. The lowest BCUT2D eigenvalue weighted by molar-refractivity contribution is -0.140. The van der Waals surface area contributed by atoms with Crippen LogP contribution in [-0.2, 0) is 16.1 Å². The van der Waals surface area contributed by atoms with E-state index in [0.717, 1.165) is 4.90 Å². The molecule has 7 heteroatoms. The maximum atomic E-state index is 13.1. The highest BCUT2D eigenvalue weighted by molar-refractivity contribution is 7.99. The summed E-state index contributed by atoms with van der Waals surface area (Å²) in [7, 11) is 0. The van der Waals surface area contributed by atoms with Crippen LogP contribution in [-0.4, -0.2) is 35.1 Å². The van der Waals surface area contributed by atoms with Crippen LogP contribution in [0.3, 0.4) is 0 Å². The standard InChI is InChI=1S/C23H28Cl2N2O2S/c1-16(2)14-26-23(29)17(3)27(15-19-20(24)10-7-11-21(19)25)22(28)12-13-30-18-8-5-4-6-9-18/h4-11,16-17H,12-15H2,1-3H3,(H,26,29)/t17-/m1/s1. The summed E-state index contributed by atoms with van der Waals surface area (Å²) in [5.74, 6) is 0.652. The summed E-state index contributed by atoms with van der Waals surface area (Å²) < 4.78 is 0. The molecule has 0 spiro atoms. The van der Waals surface area contributed by atoms with Gasteiger partial charge in [-0.3, -0.25) is 9.59 Å². The SMILES string of the molecule is CC(C)CNC(=O)[C@@H](C)N(Cc1c(Cl)cccc1Cl)C(=O)CCSc1ccccc1. The minimum absolute atomic E-state index is 0.110. The van der Waals surface area contributed by atoms with Crippen molar-refractivity contribution in [1.82, 2.24) is 10.2 Å². The minimum atomic E-state index is -0.634. The van der Waals surface area contributed by atoms with E-state index in [0.29, 0.717) is 40.2 Å². The number of nitrogens with zero attached hydrogens (tertiary/aromatic N) is 1. The molecule has 0 aromatic heterocycles. The van der Waals surface area contributed by atoms with Crippen LogP contribution in [0.15, 0.2) is 53.4 Å². The molecule has 0 aliphatic carbocycles. The summed E-state index contributed by atoms with van der Waals surface area (Å²) in [5, 5.41) is 3.87. The fraction of sp³-hybridized carbons (Fsp3) is 0.391. The van der Waals surface area contributed by atoms with E-state index in [1.165, 1.54) is 0 Å². The topological polar surface area (TPSA) is 49.4 Å². The monoisotopic (exact) mass is 466 g/mol. The molecule has 1 atom stereocenters. The summed E-state index contributed by atoms with van der Waals surface area (Å²) in [6.07, 6.45) is 0.309. The first-order valence-electron chi connectivity index (χ1n) is 9.97. The lowest BCUT2D eigenvalue weighted by atomic mass is 10.1. The molecule has 2 aromatic rings. The number of carbonyl (C=O) groups excluding carboxylic acids is 2. The van der Waals surface area contributed by atoms with Crippen molar-refractivity contribution in [3.05, 3.63) is 64.1 Å². The number of rotatable bonds is 10. The smallest absolute Gasteiger partial charge is 0.242 e. The lowest BCUT2D eigenvalue weighted by Gasteiger charge is -2.29. The molecule has 0 radical (unpaired) electrons. The van der Waals surface area contributed by atoms with Gasteiger partial charge in [0.25, 0.3) is 0 Å². The Hall–Kier alpha value is -1.69. The largest absolute Gasteiger partial charge is 0.354 e. The molecule has 0 bridgehead atoms. The molecule has 0 heterocycles. The van der Waals surface area contributed by atoms with Crippen molar-refractivity contribution >= 4 is 46.8 Å². The first-order valence-corrected chi connectivity index (χ1v) is 11.7. The fourth-order valence-electron chi connectivity index (χ4n) is 2.81. The molecule has 0 saturated heterocycles. The van der Waals surface area contributed by atoms with Gasteiger partial charge in [-0.15, -0.1) is 11.8 Å². The quantitative estimate of drug-likeness (QED) is 0.459. The maximum absolute atomic E-state index is 13.1. The Balaban J connectivity index is 2.12. The van der Waals surface area contributed by atoms with Crippen LogP contribution in [0.1, 0.15) is 32.8 Å². The second kappa shape index (κ2) is 12.2. The van der Waals surface area contributed by atoms with Crippen molar-refractivity contribution in [2.75, 3.05) is 12.3 Å². The van der Waals surface area contributed by atoms with Crippen LogP contribution < -0.4 is 5.32 Å². The Morgan fingerprint density at radius 2 is 1.63 bits per heavy atom. The predicted octanol–water partition coefficient (Wildman–Crippen LogP) is 5.67. The lowest BCUT2D eigenvalue weighted by Crippen LogP contribution is -2.48. The van der Waals surface area contributed by atoms with Gasteiger partial charge >= 0.3 is 0 Å². The number of benzene rings is 2. The Morgan fingerprint density at radius 1 is 1.00 bits per heavy atom. The summed E-state index contributed by atoms with van der Waals surface area (Å²) in [5.41, 5.74) is 0.647. The molecule has 4 nitrogen and oxygen atoms in total. The van der Waals surface area contributed by atoms with Gasteiger partial charge in [0.05, 0.1) is 0 Å². The van der Waals surface area contributed by atoms with Crippen molar-refractivity contribution in [1.29, 1.82) is 0 Å². The summed E-state index contributed by atoms with van der Waals surface area (Å²) in [4.78, 5) is 28.4. The Morgan fingerprint density at radius 3 is 2.23 bits per heavy atom. The van der Waals surface area contributed by atoms with Crippen molar-refractivity contribution < 1.29 is 9.59 Å². The molecule has 162 valence electrons. The van der Waals surface area contributed by atoms with E-state index in [1.54, 1.807) is 41.8 Å². The Kier molecular flexibility index (Phi) is 10.0. The number of thioether (sulfide) groups is 1. The number of halogens is 2. The molecule has 0 saturated carbocycles. The van der Waals surface area contributed by atoms with Gasteiger partial charge in [0, 0.05) is 45.8 Å². The molecule has 2 amide bonds. The van der Waals surface area contributed by atoms with E-state index in [2.05, 4.69) is 5.32 Å². The van der Waals surface area contributed by atoms with Gasteiger partial charge in [0.15, 0.2) is 0 Å². The van der Waals surface area contributed by atoms with Crippen LogP contribution in [0, 0.1) is 5.92 Å². The molecule has 0 unspecified atom stereocenters. The molecular formula is C23H28Cl2N2O2S. The molecule has 2 rings (SSSR count). The van der Waals surface area contributed by atoms with E-state index in [9.17, 15) is 9.59 Å². The predicted molar refractivity (Wildman–Crippen MR) is 126 cm³/mol. The van der Waals surface area contributed by atoms with E-state index in [4.69, 9.17) is 23.2 Å². The van der Waals surface area contributed by atoms with E-state index in [1.807, 2.05) is 44.2 Å². The van der Waals surface area contributed by atoms with Crippen LogP contribution >= 0.6 is 35.0 Å². The zero-order valence-electron chi connectivity index (χ0n) is 17.5. The number of hydrogen-bond donors (Lipinski definition) is 1. The third kappa shape index (κ3) is 7.53. The molecular weight excluding hydrogens is 439 g/mol. The maximum Gasteiger partial charge on any atom is 0.242 e. The minimum Gasteiger partial charge on any atom is -0.354 e. The van der Waals surface area contributed by atoms with Gasteiger partial charge in [-0.2, -0.15) is 0 Å². The second-order valence-electron chi connectivity index (χ2n) is 7.45.